The Balaban J connectivity index is 4.47. The van der Waals surface area contributed by atoms with Crippen molar-refractivity contribution in [1.29, 1.82) is 0 Å². The third-order valence-corrected chi connectivity index (χ3v) is 1.78. The second kappa shape index (κ2) is 4.81. The molecule has 0 saturated heterocycles. The highest BCUT2D eigenvalue weighted by molar-refractivity contribution is 5.04. The van der Waals surface area contributed by atoms with E-state index in [0.29, 0.717) is 5.76 Å². The minimum absolute atomic E-state index is 0.0255. The van der Waals surface area contributed by atoms with E-state index in [1.165, 1.54) is 0 Å². The zero-order valence-corrected chi connectivity index (χ0v) is 8.01. The molecule has 0 radical (unpaired) electrons. The lowest BCUT2D eigenvalue weighted by Gasteiger charge is -2.22. The van der Waals surface area contributed by atoms with E-state index in [9.17, 15) is 0 Å². The van der Waals surface area contributed by atoms with Gasteiger partial charge in [-0.1, -0.05) is 19.1 Å². The highest BCUT2D eigenvalue weighted by Crippen LogP contribution is 2.29. The largest absolute Gasteiger partial charge is 0.513 e. The normalized spacial score (nSPS) is 12.7. The molecule has 68 valence electrons. The van der Waals surface area contributed by atoms with Crippen LogP contribution >= 0.6 is 0 Å². The minimum atomic E-state index is -0.0255. The molecule has 1 heteroatoms. The smallest absolute Gasteiger partial charge is 0.0857 e. The molecule has 0 fully saturated rings. The summed E-state index contributed by atoms with van der Waals surface area (Å²) in [7, 11) is 0. The molecule has 0 aliphatic carbocycles. The molecule has 0 bridgehead atoms. The zero-order chi connectivity index (χ0) is 9.61. The number of hydrogen-bond donors (Lipinski definition) is 1. The number of rotatable bonds is 5. The molecule has 0 rings (SSSR count). The van der Waals surface area contributed by atoms with E-state index in [-0.39, 0.29) is 5.41 Å². The Bertz CT molecular complexity index is 175. The van der Waals surface area contributed by atoms with Crippen LogP contribution in [0.1, 0.15) is 26.7 Å². The topological polar surface area (TPSA) is 20.2 Å². The maximum atomic E-state index is 9.13. The summed E-state index contributed by atoms with van der Waals surface area (Å²) >= 11 is 0. The van der Waals surface area contributed by atoms with Crippen LogP contribution in [0, 0.1) is 5.41 Å². The SMILES string of the molecule is C=CCC(C)(C=C(C)O)CC=C. The van der Waals surface area contributed by atoms with Crippen LogP contribution in [-0.4, -0.2) is 5.11 Å². The zero-order valence-electron chi connectivity index (χ0n) is 8.01. The predicted molar refractivity (Wildman–Crippen MR) is 54.1 cm³/mol. The molecule has 0 aromatic rings. The standard InChI is InChI=1S/C11H18O/c1-5-7-11(4,8-6-2)9-10(3)12/h5-6,9,12H,1-2,7-8H2,3-4H3. The van der Waals surface area contributed by atoms with Crippen LogP contribution in [0.2, 0.25) is 0 Å². The molecule has 0 aromatic heterocycles. The summed E-state index contributed by atoms with van der Waals surface area (Å²) in [4.78, 5) is 0. The van der Waals surface area contributed by atoms with Crippen LogP contribution < -0.4 is 0 Å². The van der Waals surface area contributed by atoms with Gasteiger partial charge in [0.2, 0.25) is 0 Å². The average molecular weight is 166 g/mol. The molecule has 0 aliphatic heterocycles. The summed E-state index contributed by atoms with van der Waals surface area (Å²) in [6.07, 6.45) is 7.30. The van der Waals surface area contributed by atoms with E-state index in [1.807, 2.05) is 18.2 Å². The molecule has 0 atom stereocenters. The summed E-state index contributed by atoms with van der Waals surface area (Å²) in [6.45, 7) is 11.1. The van der Waals surface area contributed by atoms with Gasteiger partial charge in [-0.15, -0.1) is 13.2 Å². The Morgan fingerprint density at radius 2 is 1.75 bits per heavy atom. The second-order valence-electron chi connectivity index (χ2n) is 3.43. The number of aliphatic hydroxyl groups is 1. The molecular weight excluding hydrogens is 148 g/mol. The van der Waals surface area contributed by atoms with E-state index in [1.54, 1.807) is 6.92 Å². The maximum absolute atomic E-state index is 9.13. The van der Waals surface area contributed by atoms with Gasteiger partial charge in [-0.3, -0.25) is 0 Å². The quantitative estimate of drug-likeness (QED) is 0.488. The first-order valence-electron chi connectivity index (χ1n) is 4.14. The van der Waals surface area contributed by atoms with Crippen molar-refractivity contribution < 1.29 is 5.11 Å². The van der Waals surface area contributed by atoms with Crippen LogP contribution in [0.25, 0.3) is 0 Å². The second-order valence-corrected chi connectivity index (χ2v) is 3.43. The van der Waals surface area contributed by atoms with E-state index in [2.05, 4.69) is 20.1 Å². The van der Waals surface area contributed by atoms with E-state index in [0.717, 1.165) is 12.8 Å². The number of allylic oxidation sites excluding steroid dienone is 4. The molecule has 0 saturated carbocycles. The van der Waals surface area contributed by atoms with Crippen molar-refractivity contribution in [2.45, 2.75) is 26.7 Å². The van der Waals surface area contributed by atoms with Gasteiger partial charge in [0.05, 0.1) is 5.76 Å². The molecule has 1 nitrogen and oxygen atoms in total. The van der Waals surface area contributed by atoms with E-state index >= 15 is 0 Å². The average Bonchev–Trinajstić information content (AvgIpc) is 1.85. The van der Waals surface area contributed by atoms with Gasteiger partial charge in [-0.2, -0.15) is 0 Å². The summed E-state index contributed by atoms with van der Waals surface area (Å²) < 4.78 is 0. The monoisotopic (exact) mass is 166 g/mol. The fourth-order valence-electron chi connectivity index (χ4n) is 1.36. The minimum Gasteiger partial charge on any atom is -0.513 e. The van der Waals surface area contributed by atoms with Crippen molar-refractivity contribution >= 4 is 0 Å². The molecule has 0 aliphatic rings. The molecule has 0 unspecified atom stereocenters. The van der Waals surface area contributed by atoms with Gasteiger partial charge in [-0.05, 0) is 31.3 Å². The van der Waals surface area contributed by atoms with Crippen LogP contribution in [-0.2, 0) is 0 Å². The predicted octanol–water partition coefficient (Wildman–Crippen LogP) is 3.61. The first-order valence-corrected chi connectivity index (χ1v) is 4.14. The highest BCUT2D eigenvalue weighted by atomic mass is 16.3. The molecule has 12 heavy (non-hydrogen) atoms. The Hall–Kier alpha value is -0.980. The lowest BCUT2D eigenvalue weighted by atomic mass is 9.83. The van der Waals surface area contributed by atoms with Crippen LogP contribution in [0.3, 0.4) is 0 Å². The Labute approximate surface area is 75.1 Å². The number of aliphatic hydroxyl groups excluding tert-OH is 1. The molecule has 0 heterocycles. The van der Waals surface area contributed by atoms with Gasteiger partial charge >= 0.3 is 0 Å². The first-order chi connectivity index (χ1) is 5.54. The molecule has 0 aromatic carbocycles. The van der Waals surface area contributed by atoms with Crippen molar-refractivity contribution in [2.24, 2.45) is 5.41 Å². The highest BCUT2D eigenvalue weighted by Gasteiger charge is 2.17. The number of hydrogen-bond acceptors (Lipinski definition) is 1. The fourth-order valence-corrected chi connectivity index (χ4v) is 1.36. The van der Waals surface area contributed by atoms with Gasteiger partial charge in [0.15, 0.2) is 0 Å². The first kappa shape index (κ1) is 11.0. The summed E-state index contributed by atoms with van der Waals surface area (Å²) in [5.41, 5.74) is -0.0255. The third kappa shape index (κ3) is 4.02. The summed E-state index contributed by atoms with van der Waals surface area (Å²) in [6, 6.07) is 0. The van der Waals surface area contributed by atoms with Gasteiger partial charge in [0.1, 0.15) is 0 Å². The molecular formula is C11H18O. The van der Waals surface area contributed by atoms with Crippen LogP contribution in [0.5, 0.6) is 0 Å². The molecule has 1 N–H and O–H groups in total. The lowest BCUT2D eigenvalue weighted by molar-refractivity contribution is 0.371. The van der Waals surface area contributed by atoms with Crippen molar-refractivity contribution in [3.8, 4) is 0 Å². The lowest BCUT2D eigenvalue weighted by Crippen LogP contribution is -2.11. The van der Waals surface area contributed by atoms with E-state index < -0.39 is 0 Å². The Kier molecular flexibility index (Phi) is 4.42. The summed E-state index contributed by atoms with van der Waals surface area (Å²) in [5.74, 6) is 0.362. The maximum Gasteiger partial charge on any atom is 0.0857 e. The van der Waals surface area contributed by atoms with Crippen molar-refractivity contribution in [1.82, 2.24) is 0 Å². The van der Waals surface area contributed by atoms with Crippen LogP contribution in [0.4, 0.5) is 0 Å². The Morgan fingerprint density at radius 1 is 1.33 bits per heavy atom. The van der Waals surface area contributed by atoms with Crippen LogP contribution in [0.15, 0.2) is 37.1 Å². The Morgan fingerprint density at radius 3 is 2.00 bits per heavy atom. The van der Waals surface area contributed by atoms with Gasteiger partial charge in [0.25, 0.3) is 0 Å². The van der Waals surface area contributed by atoms with Gasteiger partial charge in [-0.25, -0.2) is 0 Å². The third-order valence-electron chi connectivity index (χ3n) is 1.78. The van der Waals surface area contributed by atoms with E-state index in [4.69, 9.17) is 5.11 Å². The fraction of sp³-hybridized carbons (Fsp3) is 0.455. The van der Waals surface area contributed by atoms with Gasteiger partial charge in [0, 0.05) is 0 Å². The molecule has 0 amide bonds. The van der Waals surface area contributed by atoms with Crippen molar-refractivity contribution in [2.75, 3.05) is 0 Å². The van der Waals surface area contributed by atoms with Gasteiger partial charge < -0.3 is 5.11 Å². The summed E-state index contributed by atoms with van der Waals surface area (Å²) in [5, 5.41) is 9.13. The van der Waals surface area contributed by atoms with Crippen molar-refractivity contribution in [3.63, 3.8) is 0 Å². The van der Waals surface area contributed by atoms with Crippen molar-refractivity contribution in [3.05, 3.63) is 37.1 Å². The molecule has 0 spiro atoms.